The van der Waals surface area contributed by atoms with Crippen LogP contribution >= 0.6 is 0 Å². The van der Waals surface area contributed by atoms with Gasteiger partial charge in [-0.3, -0.25) is 9.78 Å². The van der Waals surface area contributed by atoms with Gasteiger partial charge in [-0.25, -0.2) is 9.67 Å². The summed E-state index contributed by atoms with van der Waals surface area (Å²) in [4.78, 5) is 23.4. The fourth-order valence-corrected chi connectivity index (χ4v) is 4.64. The number of carbonyl (C=O) groups is 1. The van der Waals surface area contributed by atoms with Gasteiger partial charge in [0.1, 0.15) is 11.5 Å². The number of alkyl halides is 3. The van der Waals surface area contributed by atoms with Crippen LogP contribution in [0.5, 0.6) is 0 Å². The Kier molecular flexibility index (Phi) is 6.94. The molecule has 8 nitrogen and oxygen atoms in total. The molecule has 1 amide bonds. The van der Waals surface area contributed by atoms with E-state index in [0.29, 0.717) is 17.3 Å². The molecule has 0 radical (unpaired) electrons. The molecule has 1 unspecified atom stereocenters. The van der Waals surface area contributed by atoms with E-state index in [2.05, 4.69) is 43.6 Å². The van der Waals surface area contributed by atoms with Crippen LogP contribution in [0.4, 0.5) is 19.0 Å². The van der Waals surface area contributed by atoms with E-state index in [9.17, 15) is 18.0 Å². The number of nitrogens with zero attached hydrogens (tertiary/aromatic N) is 6. The minimum atomic E-state index is -4.54. The third kappa shape index (κ3) is 5.72. The minimum absolute atomic E-state index is 0.188. The monoisotopic (exact) mass is 521 g/mol. The van der Waals surface area contributed by atoms with Gasteiger partial charge in [0.2, 0.25) is 0 Å². The molecule has 1 saturated heterocycles. The Morgan fingerprint density at radius 2 is 2.00 bits per heavy atom. The van der Waals surface area contributed by atoms with Crippen LogP contribution in [0.15, 0.2) is 61.2 Å². The molecule has 1 fully saturated rings. The number of benzene rings is 1. The van der Waals surface area contributed by atoms with Gasteiger partial charge >= 0.3 is 6.18 Å². The van der Waals surface area contributed by atoms with Crippen molar-refractivity contribution in [1.82, 2.24) is 29.9 Å². The number of aryl methyl sites for hydroxylation is 1. The summed E-state index contributed by atoms with van der Waals surface area (Å²) in [7, 11) is 2.13. The number of anilines is 1. The second-order valence-electron chi connectivity index (χ2n) is 9.63. The number of halogens is 3. The summed E-state index contributed by atoms with van der Waals surface area (Å²) in [6.45, 7) is 4.06. The number of rotatable bonds is 6. The third-order valence-electron chi connectivity index (χ3n) is 6.64. The minimum Gasteiger partial charge on any atom is -0.307 e. The number of hydrogen-bond acceptors (Lipinski definition) is 6. The number of carbonyl (C=O) groups excluding carboxylic acids is 1. The largest absolute Gasteiger partial charge is 0.416 e. The lowest BCUT2D eigenvalue weighted by atomic mass is 9.99. The molecule has 4 heterocycles. The van der Waals surface area contributed by atoms with E-state index in [4.69, 9.17) is 0 Å². The second-order valence-corrected chi connectivity index (χ2v) is 9.63. The van der Waals surface area contributed by atoms with Gasteiger partial charge < -0.3 is 10.2 Å². The topological polar surface area (TPSA) is 88.8 Å². The summed E-state index contributed by atoms with van der Waals surface area (Å²) in [6.07, 6.45) is 4.00. The van der Waals surface area contributed by atoms with Gasteiger partial charge in [0, 0.05) is 36.3 Å². The Morgan fingerprint density at radius 3 is 2.76 bits per heavy atom. The average molecular weight is 522 g/mol. The molecule has 0 aliphatic carbocycles. The van der Waals surface area contributed by atoms with Crippen molar-refractivity contribution in [2.75, 3.05) is 25.5 Å². The lowest BCUT2D eigenvalue weighted by molar-refractivity contribution is -0.137. The lowest BCUT2D eigenvalue weighted by Crippen LogP contribution is -2.15. The van der Waals surface area contributed by atoms with Gasteiger partial charge in [0.25, 0.3) is 5.91 Å². The highest BCUT2D eigenvalue weighted by Crippen LogP contribution is 2.30. The molecule has 4 aromatic rings. The number of nitrogens with one attached hydrogen (secondary N) is 1. The molecular weight excluding hydrogens is 495 g/mol. The molecule has 0 spiro atoms. The predicted molar refractivity (Wildman–Crippen MR) is 136 cm³/mol. The quantitative estimate of drug-likeness (QED) is 0.392. The summed E-state index contributed by atoms with van der Waals surface area (Å²) >= 11 is 0. The van der Waals surface area contributed by atoms with E-state index in [1.165, 1.54) is 6.42 Å². The normalized spacial score (nSPS) is 16.1. The first kappa shape index (κ1) is 25.5. The maximum atomic E-state index is 13.0. The molecule has 196 valence electrons. The molecule has 1 atom stereocenters. The van der Waals surface area contributed by atoms with Crippen molar-refractivity contribution in [3.8, 4) is 16.9 Å². The number of likely N-dealkylation sites (tertiary alicyclic amines) is 1. The molecule has 1 aromatic carbocycles. The Morgan fingerprint density at radius 1 is 1.16 bits per heavy atom. The lowest BCUT2D eigenvalue weighted by Gasteiger charge is -2.11. The fourth-order valence-electron chi connectivity index (χ4n) is 4.64. The molecule has 0 saturated carbocycles. The maximum Gasteiger partial charge on any atom is 0.416 e. The van der Waals surface area contributed by atoms with Crippen molar-refractivity contribution in [1.29, 1.82) is 0 Å². The van der Waals surface area contributed by atoms with Gasteiger partial charge in [-0.05, 0) is 80.7 Å². The maximum absolute atomic E-state index is 13.0. The first-order valence-electron chi connectivity index (χ1n) is 12.2. The Labute approximate surface area is 217 Å². The van der Waals surface area contributed by atoms with Gasteiger partial charge in [-0.2, -0.15) is 13.2 Å². The van der Waals surface area contributed by atoms with Crippen LogP contribution in [0.3, 0.4) is 0 Å². The molecular formula is C27H26F3N7O. The van der Waals surface area contributed by atoms with Crippen LogP contribution in [-0.2, 0) is 12.6 Å². The SMILES string of the molecule is Cc1ccc(C(=O)Nc2cc(C(F)(F)F)ccn2)cc1-n1cc(-c2cncc(CC3CCN(C)C3)c2)nn1. The highest BCUT2D eigenvalue weighted by atomic mass is 19.4. The zero-order chi connectivity index (χ0) is 26.9. The number of aromatic nitrogens is 5. The van der Waals surface area contributed by atoms with E-state index < -0.39 is 17.6 Å². The summed E-state index contributed by atoms with van der Waals surface area (Å²) in [6, 6.07) is 8.67. The van der Waals surface area contributed by atoms with Crippen LogP contribution in [0, 0.1) is 12.8 Å². The molecule has 11 heteroatoms. The Bertz CT molecular complexity index is 1470. The molecule has 5 rings (SSSR count). The predicted octanol–water partition coefficient (Wildman–Crippen LogP) is 4.80. The second kappa shape index (κ2) is 10.3. The first-order valence-corrected chi connectivity index (χ1v) is 12.2. The van der Waals surface area contributed by atoms with Crippen molar-refractivity contribution >= 4 is 11.7 Å². The zero-order valence-corrected chi connectivity index (χ0v) is 20.9. The summed E-state index contributed by atoms with van der Waals surface area (Å²) in [5, 5.41) is 11.0. The van der Waals surface area contributed by atoms with E-state index in [1.807, 2.05) is 13.1 Å². The number of pyridine rings is 2. The Hall–Kier alpha value is -4.12. The molecule has 38 heavy (non-hydrogen) atoms. The Balaban J connectivity index is 1.34. The van der Waals surface area contributed by atoms with Gasteiger partial charge in [-0.15, -0.1) is 5.10 Å². The van der Waals surface area contributed by atoms with Crippen LogP contribution in [0.25, 0.3) is 16.9 Å². The zero-order valence-electron chi connectivity index (χ0n) is 20.9. The average Bonchev–Trinajstić information content (AvgIpc) is 3.53. The van der Waals surface area contributed by atoms with Crippen LogP contribution in [-0.4, -0.2) is 55.9 Å². The van der Waals surface area contributed by atoms with E-state index in [-0.39, 0.29) is 11.4 Å². The van der Waals surface area contributed by atoms with Crippen LogP contribution in [0.2, 0.25) is 0 Å². The standard InChI is InChI=1S/C27H26F3N7O/c1-17-3-4-20(26(38)33-25-12-22(5-7-32-25)27(28,29)30)11-24(17)37-16-23(34-35-37)21-10-19(13-31-14-21)9-18-6-8-36(2)15-18/h3-5,7,10-14,16,18H,6,8-9,15H2,1-2H3,(H,32,33,38). The summed E-state index contributed by atoms with van der Waals surface area (Å²) in [5.41, 5.74) is 3.45. The molecule has 3 aromatic heterocycles. The van der Waals surface area contributed by atoms with Crippen molar-refractivity contribution in [2.45, 2.75) is 25.9 Å². The van der Waals surface area contributed by atoms with Gasteiger partial charge in [0.15, 0.2) is 0 Å². The number of hydrogen-bond donors (Lipinski definition) is 1. The highest BCUT2D eigenvalue weighted by molar-refractivity contribution is 6.04. The van der Waals surface area contributed by atoms with Gasteiger partial charge in [-0.1, -0.05) is 11.3 Å². The first-order chi connectivity index (χ1) is 18.2. The van der Waals surface area contributed by atoms with Crippen molar-refractivity contribution in [3.05, 3.63) is 83.4 Å². The molecule has 0 bridgehead atoms. The number of amides is 1. The fraction of sp³-hybridized carbons (Fsp3) is 0.296. The van der Waals surface area contributed by atoms with Gasteiger partial charge in [0.05, 0.1) is 17.4 Å². The third-order valence-corrected chi connectivity index (χ3v) is 6.64. The summed E-state index contributed by atoms with van der Waals surface area (Å²) in [5.74, 6) is -0.171. The van der Waals surface area contributed by atoms with E-state index >= 15 is 0 Å². The van der Waals surface area contributed by atoms with E-state index in [0.717, 1.165) is 54.5 Å². The van der Waals surface area contributed by atoms with Crippen molar-refractivity contribution in [3.63, 3.8) is 0 Å². The van der Waals surface area contributed by atoms with Crippen LogP contribution in [0.1, 0.15) is 33.5 Å². The smallest absolute Gasteiger partial charge is 0.307 e. The molecule has 1 aliphatic heterocycles. The van der Waals surface area contributed by atoms with E-state index in [1.54, 1.807) is 35.3 Å². The van der Waals surface area contributed by atoms with Crippen LogP contribution < -0.4 is 5.32 Å². The highest BCUT2D eigenvalue weighted by Gasteiger charge is 2.31. The molecule has 1 N–H and O–H groups in total. The van der Waals surface area contributed by atoms with Crippen molar-refractivity contribution in [2.24, 2.45) is 5.92 Å². The van der Waals surface area contributed by atoms with Crippen molar-refractivity contribution < 1.29 is 18.0 Å². The molecule has 1 aliphatic rings. The summed E-state index contributed by atoms with van der Waals surface area (Å²) < 4.78 is 40.6.